The number of carbonyl (C=O) groups is 1. The van der Waals surface area contributed by atoms with Gasteiger partial charge in [0.15, 0.2) is 0 Å². The molecule has 0 aliphatic rings. The molecule has 5 heteroatoms. The van der Waals surface area contributed by atoms with Crippen molar-refractivity contribution in [3.8, 4) is 0 Å². The average molecular weight is 329 g/mol. The van der Waals surface area contributed by atoms with Gasteiger partial charge in [0.05, 0.1) is 12.6 Å². The summed E-state index contributed by atoms with van der Waals surface area (Å²) in [6.07, 6.45) is 3.19. The number of benzene rings is 1. The Labute approximate surface area is 143 Å². The Morgan fingerprint density at radius 3 is 2.50 bits per heavy atom. The fourth-order valence-corrected chi connectivity index (χ4v) is 2.76. The van der Waals surface area contributed by atoms with Crippen LogP contribution in [0.2, 0.25) is 0 Å². The van der Waals surface area contributed by atoms with E-state index in [1.54, 1.807) is 6.20 Å². The number of aliphatic hydroxyl groups is 1. The molecule has 130 valence electrons. The summed E-state index contributed by atoms with van der Waals surface area (Å²) in [5.41, 5.74) is 1.34. The second-order valence-corrected chi connectivity index (χ2v) is 7.26. The van der Waals surface area contributed by atoms with Crippen molar-refractivity contribution in [2.24, 2.45) is 11.3 Å². The zero-order valence-electron chi connectivity index (χ0n) is 14.9. The molecule has 0 spiro atoms. The van der Waals surface area contributed by atoms with Gasteiger partial charge in [-0.2, -0.15) is 5.10 Å². The highest BCUT2D eigenvalue weighted by Crippen LogP contribution is 2.25. The minimum absolute atomic E-state index is 0.121. The summed E-state index contributed by atoms with van der Waals surface area (Å²) in [4.78, 5) is 12.3. The highest BCUT2D eigenvalue weighted by Gasteiger charge is 2.30. The van der Waals surface area contributed by atoms with Crippen LogP contribution < -0.4 is 5.32 Å². The summed E-state index contributed by atoms with van der Waals surface area (Å²) in [6, 6.07) is 9.39. The van der Waals surface area contributed by atoms with Crippen LogP contribution in [-0.4, -0.2) is 33.4 Å². The number of amides is 1. The van der Waals surface area contributed by atoms with E-state index in [0.29, 0.717) is 18.7 Å². The van der Waals surface area contributed by atoms with Gasteiger partial charge in [0.2, 0.25) is 0 Å². The van der Waals surface area contributed by atoms with Gasteiger partial charge in [0, 0.05) is 29.9 Å². The summed E-state index contributed by atoms with van der Waals surface area (Å²) in [7, 11) is 0. The van der Waals surface area contributed by atoms with Crippen LogP contribution in [0.1, 0.15) is 43.6 Å². The number of hydrogen-bond acceptors (Lipinski definition) is 3. The predicted octanol–water partition coefficient (Wildman–Crippen LogP) is 2.70. The highest BCUT2D eigenvalue weighted by molar-refractivity contribution is 5.94. The normalized spacial score (nSPS) is 13.1. The first-order valence-electron chi connectivity index (χ1n) is 8.32. The molecule has 1 unspecified atom stereocenters. The zero-order chi connectivity index (χ0) is 17.7. The van der Waals surface area contributed by atoms with E-state index in [9.17, 15) is 9.90 Å². The lowest BCUT2D eigenvalue weighted by atomic mass is 9.80. The van der Waals surface area contributed by atoms with E-state index >= 15 is 0 Å². The number of aromatic nitrogens is 2. The van der Waals surface area contributed by atoms with Crippen LogP contribution in [0.4, 0.5) is 0 Å². The molecular formula is C19H27N3O2. The fourth-order valence-electron chi connectivity index (χ4n) is 2.76. The molecule has 0 aliphatic heterocycles. The molecule has 24 heavy (non-hydrogen) atoms. The number of rotatable bonds is 7. The Kier molecular flexibility index (Phi) is 5.78. The number of nitrogens with zero attached hydrogens (tertiary/aromatic N) is 2. The van der Waals surface area contributed by atoms with E-state index in [4.69, 9.17) is 0 Å². The van der Waals surface area contributed by atoms with Crippen LogP contribution >= 0.6 is 0 Å². The fraction of sp³-hybridized carbons (Fsp3) is 0.474. The molecule has 0 aliphatic carbocycles. The van der Waals surface area contributed by atoms with Gasteiger partial charge in [0.1, 0.15) is 0 Å². The van der Waals surface area contributed by atoms with Crippen molar-refractivity contribution < 1.29 is 9.90 Å². The number of hydrogen-bond donors (Lipinski definition) is 2. The van der Waals surface area contributed by atoms with E-state index in [0.717, 1.165) is 5.56 Å². The van der Waals surface area contributed by atoms with Crippen LogP contribution in [0.25, 0.3) is 0 Å². The van der Waals surface area contributed by atoms with Gasteiger partial charge in [-0.05, 0) is 29.7 Å². The summed E-state index contributed by atoms with van der Waals surface area (Å²) in [6.45, 7) is 9.00. The maximum absolute atomic E-state index is 12.3. The summed E-state index contributed by atoms with van der Waals surface area (Å²) in [5, 5.41) is 17.3. The lowest BCUT2D eigenvalue weighted by Gasteiger charge is -2.33. The molecule has 1 atom stereocenters. The second kappa shape index (κ2) is 7.62. The largest absolute Gasteiger partial charge is 0.392 e. The predicted molar refractivity (Wildman–Crippen MR) is 94.7 cm³/mol. The third-order valence-corrected chi connectivity index (χ3v) is 4.26. The molecule has 1 heterocycles. The molecule has 5 nitrogen and oxygen atoms in total. The van der Waals surface area contributed by atoms with Crippen molar-refractivity contribution in [2.45, 2.75) is 40.3 Å². The van der Waals surface area contributed by atoms with Gasteiger partial charge in [-0.3, -0.25) is 9.48 Å². The first-order chi connectivity index (χ1) is 11.3. The van der Waals surface area contributed by atoms with Crippen molar-refractivity contribution in [3.63, 3.8) is 0 Å². The molecule has 1 amide bonds. The number of aliphatic hydroxyl groups excluding tert-OH is 1. The third kappa shape index (κ3) is 4.68. The Morgan fingerprint density at radius 1 is 1.29 bits per heavy atom. The van der Waals surface area contributed by atoms with Crippen molar-refractivity contribution in [3.05, 3.63) is 53.9 Å². The lowest BCUT2D eigenvalue weighted by molar-refractivity contribution is 0.0138. The maximum atomic E-state index is 12.3. The van der Waals surface area contributed by atoms with Gasteiger partial charge >= 0.3 is 0 Å². The lowest BCUT2D eigenvalue weighted by Crippen LogP contribution is -2.43. The van der Waals surface area contributed by atoms with E-state index in [1.807, 2.05) is 68.9 Å². The number of carbonyl (C=O) groups excluding carboxylic acids is 1. The van der Waals surface area contributed by atoms with Crippen LogP contribution in [0.15, 0.2) is 42.7 Å². The molecule has 2 aromatic rings. The molecule has 2 rings (SSSR count). The Hall–Kier alpha value is -2.14. The smallest absolute Gasteiger partial charge is 0.251 e. The highest BCUT2D eigenvalue weighted by atomic mass is 16.3. The van der Waals surface area contributed by atoms with Crippen LogP contribution in [0.3, 0.4) is 0 Å². The SMILES string of the molecule is CC(C)C(O)C(C)(C)CNC(=O)c1ccc(Cn2cccn2)cc1. The molecule has 0 radical (unpaired) electrons. The van der Waals surface area contributed by atoms with Crippen LogP contribution in [0.5, 0.6) is 0 Å². The first-order valence-corrected chi connectivity index (χ1v) is 8.32. The molecule has 2 N–H and O–H groups in total. The van der Waals surface area contributed by atoms with Crippen LogP contribution in [0, 0.1) is 11.3 Å². The molecular weight excluding hydrogens is 302 g/mol. The Bertz CT molecular complexity index is 646. The molecule has 0 fully saturated rings. The van der Waals surface area contributed by atoms with Gasteiger partial charge in [-0.1, -0.05) is 39.8 Å². The molecule has 0 saturated heterocycles. The summed E-state index contributed by atoms with van der Waals surface area (Å²) < 4.78 is 1.84. The topological polar surface area (TPSA) is 67.2 Å². The maximum Gasteiger partial charge on any atom is 0.251 e. The summed E-state index contributed by atoms with van der Waals surface area (Å²) in [5.74, 6) is 0.0307. The zero-order valence-corrected chi connectivity index (χ0v) is 14.9. The van der Waals surface area contributed by atoms with E-state index in [-0.39, 0.29) is 17.2 Å². The second-order valence-electron chi connectivity index (χ2n) is 7.26. The van der Waals surface area contributed by atoms with E-state index in [1.165, 1.54) is 0 Å². The number of nitrogens with one attached hydrogen (secondary N) is 1. The Balaban J connectivity index is 1.93. The van der Waals surface area contributed by atoms with E-state index in [2.05, 4.69) is 10.4 Å². The molecule has 1 aromatic heterocycles. The van der Waals surface area contributed by atoms with Gasteiger partial charge in [0.25, 0.3) is 5.91 Å². The summed E-state index contributed by atoms with van der Waals surface area (Å²) >= 11 is 0. The van der Waals surface area contributed by atoms with Crippen molar-refractivity contribution >= 4 is 5.91 Å². The monoisotopic (exact) mass is 329 g/mol. The minimum atomic E-state index is -0.464. The van der Waals surface area contributed by atoms with Gasteiger partial charge in [-0.15, -0.1) is 0 Å². The van der Waals surface area contributed by atoms with Gasteiger partial charge < -0.3 is 10.4 Å². The Morgan fingerprint density at radius 2 is 1.96 bits per heavy atom. The molecule has 0 saturated carbocycles. The quantitative estimate of drug-likeness (QED) is 0.821. The average Bonchev–Trinajstić information content (AvgIpc) is 3.05. The van der Waals surface area contributed by atoms with Crippen molar-refractivity contribution in [2.75, 3.05) is 6.54 Å². The minimum Gasteiger partial charge on any atom is -0.392 e. The first kappa shape index (κ1) is 18.2. The standard InChI is InChI=1S/C19H27N3O2/c1-14(2)17(23)19(3,4)13-20-18(24)16-8-6-15(7-9-16)12-22-11-5-10-21-22/h5-11,14,17,23H,12-13H2,1-4H3,(H,20,24). The van der Waals surface area contributed by atoms with Crippen molar-refractivity contribution in [1.82, 2.24) is 15.1 Å². The van der Waals surface area contributed by atoms with Gasteiger partial charge in [-0.25, -0.2) is 0 Å². The molecule has 1 aromatic carbocycles. The van der Waals surface area contributed by atoms with Crippen molar-refractivity contribution in [1.29, 1.82) is 0 Å². The third-order valence-electron chi connectivity index (χ3n) is 4.26. The van der Waals surface area contributed by atoms with Crippen LogP contribution in [-0.2, 0) is 6.54 Å². The molecule has 0 bridgehead atoms. The van der Waals surface area contributed by atoms with E-state index < -0.39 is 6.10 Å².